The molecule has 1 aliphatic rings. The lowest BCUT2D eigenvalue weighted by Crippen LogP contribution is -2.18. The van der Waals surface area contributed by atoms with E-state index in [0.29, 0.717) is 29.5 Å². The largest absolute Gasteiger partial charge is 0.369 e. The van der Waals surface area contributed by atoms with Crippen LogP contribution in [0.25, 0.3) is 0 Å². The fourth-order valence-electron chi connectivity index (χ4n) is 1.22. The van der Waals surface area contributed by atoms with Gasteiger partial charge in [0.05, 0.1) is 5.56 Å². The van der Waals surface area contributed by atoms with Gasteiger partial charge < -0.3 is 5.32 Å². The van der Waals surface area contributed by atoms with E-state index in [2.05, 4.69) is 10.3 Å². The molecule has 5 heteroatoms. The molecule has 0 saturated heterocycles. The fraction of sp³-hybridized carbons (Fsp3) is 0.250. The number of ketones is 1. The van der Waals surface area contributed by atoms with Gasteiger partial charge in [-0.15, -0.1) is 12.4 Å². The van der Waals surface area contributed by atoms with E-state index in [9.17, 15) is 4.79 Å². The molecule has 70 valence electrons. The monoisotopic (exact) mass is 218 g/mol. The van der Waals surface area contributed by atoms with Crippen molar-refractivity contribution in [3.05, 3.63) is 22.8 Å². The topological polar surface area (TPSA) is 42.0 Å². The molecule has 13 heavy (non-hydrogen) atoms. The summed E-state index contributed by atoms with van der Waals surface area (Å²) in [5.41, 5.74) is 0.644. The molecule has 0 radical (unpaired) electrons. The van der Waals surface area contributed by atoms with Gasteiger partial charge in [-0.3, -0.25) is 4.79 Å². The Labute approximate surface area is 86.9 Å². The summed E-state index contributed by atoms with van der Waals surface area (Å²) in [5.74, 6) is 0.742. The Morgan fingerprint density at radius 1 is 1.46 bits per heavy atom. The van der Waals surface area contributed by atoms with Crippen molar-refractivity contribution in [2.45, 2.75) is 6.42 Å². The minimum atomic E-state index is 0. The Kier molecular flexibility index (Phi) is 3.12. The predicted octanol–water partition coefficient (Wildman–Crippen LogP) is 2.16. The molecule has 0 saturated carbocycles. The number of halogens is 2. The van der Waals surface area contributed by atoms with E-state index in [1.807, 2.05) is 0 Å². The van der Waals surface area contributed by atoms with Crippen molar-refractivity contribution in [1.29, 1.82) is 0 Å². The SMILES string of the molecule is Cl.O=C1CCNc2nc(Cl)ccc21. The molecule has 2 rings (SSSR count). The summed E-state index contributed by atoms with van der Waals surface area (Å²) in [6.45, 7) is 0.652. The maximum absolute atomic E-state index is 11.3. The van der Waals surface area contributed by atoms with Gasteiger partial charge >= 0.3 is 0 Å². The van der Waals surface area contributed by atoms with Crippen LogP contribution in [0.2, 0.25) is 5.15 Å². The maximum atomic E-state index is 11.3. The van der Waals surface area contributed by atoms with E-state index in [0.717, 1.165) is 0 Å². The molecule has 1 aromatic heterocycles. The van der Waals surface area contributed by atoms with E-state index in [4.69, 9.17) is 11.6 Å². The molecule has 0 atom stereocenters. The Bertz CT molecular complexity index is 341. The lowest BCUT2D eigenvalue weighted by Gasteiger charge is -2.14. The van der Waals surface area contributed by atoms with Crippen molar-refractivity contribution < 1.29 is 4.79 Å². The highest BCUT2D eigenvalue weighted by atomic mass is 35.5. The normalized spacial score (nSPS) is 14.1. The molecule has 1 N–H and O–H groups in total. The van der Waals surface area contributed by atoms with Crippen molar-refractivity contribution in [2.24, 2.45) is 0 Å². The highest BCUT2D eigenvalue weighted by molar-refractivity contribution is 6.29. The second kappa shape index (κ2) is 3.94. The zero-order chi connectivity index (χ0) is 8.55. The summed E-state index contributed by atoms with van der Waals surface area (Å²) in [6.07, 6.45) is 0.538. The average Bonchev–Trinajstić information content (AvgIpc) is 2.04. The molecule has 0 aliphatic carbocycles. The number of aromatic nitrogens is 1. The predicted molar refractivity (Wildman–Crippen MR) is 53.9 cm³/mol. The van der Waals surface area contributed by atoms with Crippen molar-refractivity contribution in [2.75, 3.05) is 11.9 Å². The van der Waals surface area contributed by atoms with Crippen LogP contribution >= 0.6 is 24.0 Å². The number of rotatable bonds is 0. The van der Waals surface area contributed by atoms with Crippen LogP contribution in [0.5, 0.6) is 0 Å². The second-order valence-electron chi connectivity index (χ2n) is 2.63. The van der Waals surface area contributed by atoms with Gasteiger partial charge in [-0.05, 0) is 12.1 Å². The van der Waals surface area contributed by atoms with Gasteiger partial charge in [0.25, 0.3) is 0 Å². The Morgan fingerprint density at radius 3 is 3.00 bits per heavy atom. The lowest BCUT2D eigenvalue weighted by molar-refractivity contribution is 0.0983. The Hall–Kier alpha value is -0.800. The molecule has 0 bridgehead atoms. The molecule has 1 aliphatic heterocycles. The minimum absolute atomic E-state index is 0. The molecule has 0 amide bonds. The van der Waals surface area contributed by atoms with Crippen LogP contribution in [0.3, 0.4) is 0 Å². The van der Waals surface area contributed by atoms with Crippen molar-refractivity contribution in [3.8, 4) is 0 Å². The highest BCUT2D eigenvalue weighted by Gasteiger charge is 2.17. The smallest absolute Gasteiger partial charge is 0.168 e. The number of fused-ring (bicyclic) bond motifs is 1. The average molecular weight is 219 g/mol. The number of hydrogen-bond acceptors (Lipinski definition) is 3. The third-order valence-corrected chi connectivity index (χ3v) is 2.02. The first-order valence-corrected chi connectivity index (χ1v) is 4.09. The summed E-state index contributed by atoms with van der Waals surface area (Å²) in [6, 6.07) is 3.34. The zero-order valence-electron chi connectivity index (χ0n) is 6.71. The number of nitrogens with zero attached hydrogens (tertiary/aromatic N) is 1. The summed E-state index contributed by atoms with van der Waals surface area (Å²) in [5, 5.41) is 3.43. The van der Waals surface area contributed by atoms with Gasteiger partial charge in [-0.25, -0.2) is 4.98 Å². The first-order valence-electron chi connectivity index (χ1n) is 3.71. The van der Waals surface area contributed by atoms with Gasteiger partial charge in [0.1, 0.15) is 11.0 Å². The summed E-state index contributed by atoms with van der Waals surface area (Å²) in [4.78, 5) is 15.3. The van der Waals surface area contributed by atoms with Crippen molar-refractivity contribution in [3.63, 3.8) is 0 Å². The van der Waals surface area contributed by atoms with Gasteiger partial charge in [-0.1, -0.05) is 11.6 Å². The number of anilines is 1. The van der Waals surface area contributed by atoms with E-state index in [-0.39, 0.29) is 18.2 Å². The van der Waals surface area contributed by atoms with Crippen LogP contribution in [-0.2, 0) is 0 Å². The van der Waals surface area contributed by atoms with Gasteiger partial charge in [0.2, 0.25) is 0 Å². The number of nitrogens with one attached hydrogen (secondary N) is 1. The molecule has 1 aromatic rings. The van der Waals surface area contributed by atoms with Crippen LogP contribution in [-0.4, -0.2) is 17.3 Å². The van der Waals surface area contributed by atoms with E-state index >= 15 is 0 Å². The van der Waals surface area contributed by atoms with Crippen LogP contribution < -0.4 is 5.32 Å². The van der Waals surface area contributed by atoms with Gasteiger partial charge in [0.15, 0.2) is 5.78 Å². The van der Waals surface area contributed by atoms with Crippen LogP contribution in [0, 0.1) is 0 Å². The van der Waals surface area contributed by atoms with Gasteiger partial charge in [-0.2, -0.15) is 0 Å². The highest BCUT2D eigenvalue weighted by Crippen LogP contribution is 2.21. The van der Waals surface area contributed by atoms with Gasteiger partial charge in [0, 0.05) is 13.0 Å². The standard InChI is InChI=1S/C8H7ClN2O.ClH/c9-7-2-1-5-6(12)3-4-10-8(5)11-7;/h1-2H,3-4H2,(H,10,11);1H. The molecule has 0 aromatic carbocycles. The molecule has 0 fully saturated rings. The quantitative estimate of drug-likeness (QED) is 0.679. The number of Topliss-reactive ketones (excluding diaryl/α,β-unsaturated/α-hetero) is 1. The number of carbonyl (C=O) groups excluding carboxylic acids is 1. The maximum Gasteiger partial charge on any atom is 0.168 e. The lowest BCUT2D eigenvalue weighted by atomic mass is 10.1. The number of pyridine rings is 1. The summed E-state index contributed by atoms with van der Waals surface area (Å²) < 4.78 is 0. The molecular weight excluding hydrogens is 211 g/mol. The number of hydrogen-bond donors (Lipinski definition) is 1. The van der Waals surface area contributed by atoms with E-state index < -0.39 is 0 Å². The van der Waals surface area contributed by atoms with E-state index in [1.54, 1.807) is 12.1 Å². The number of carbonyl (C=O) groups is 1. The molecular formula is C8H8Cl2N2O. The molecule has 2 heterocycles. The second-order valence-corrected chi connectivity index (χ2v) is 3.02. The summed E-state index contributed by atoms with van der Waals surface area (Å²) in [7, 11) is 0. The minimum Gasteiger partial charge on any atom is -0.369 e. The first kappa shape index (κ1) is 10.3. The molecule has 0 unspecified atom stereocenters. The third kappa shape index (κ3) is 1.92. The molecule has 3 nitrogen and oxygen atoms in total. The zero-order valence-corrected chi connectivity index (χ0v) is 8.28. The van der Waals surface area contributed by atoms with Crippen LogP contribution in [0.1, 0.15) is 16.8 Å². The van der Waals surface area contributed by atoms with Crippen molar-refractivity contribution >= 4 is 35.6 Å². The third-order valence-electron chi connectivity index (χ3n) is 1.81. The fourth-order valence-corrected chi connectivity index (χ4v) is 1.37. The Morgan fingerprint density at radius 2 is 2.23 bits per heavy atom. The van der Waals surface area contributed by atoms with Crippen LogP contribution in [0.4, 0.5) is 5.82 Å². The van der Waals surface area contributed by atoms with Crippen molar-refractivity contribution in [1.82, 2.24) is 4.98 Å². The summed E-state index contributed by atoms with van der Waals surface area (Å²) >= 11 is 5.66. The Balaban J connectivity index is 0.000000845. The molecule has 0 spiro atoms. The van der Waals surface area contributed by atoms with E-state index in [1.165, 1.54) is 0 Å². The first-order chi connectivity index (χ1) is 5.77. The van der Waals surface area contributed by atoms with Crippen LogP contribution in [0.15, 0.2) is 12.1 Å².